The van der Waals surface area contributed by atoms with Gasteiger partial charge in [0.05, 0.1) is 22.6 Å². The summed E-state index contributed by atoms with van der Waals surface area (Å²) in [6.45, 7) is 3.12. The van der Waals surface area contributed by atoms with Crippen LogP contribution >= 0.6 is 0 Å². The van der Waals surface area contributed by atoms with E-state index in [-0.39, 0.29) is 11.8 Å². The van der Waals surface area contributed by atoms with Gasteiger partial charge in [-0.15, -0.1) is 0 Å². The molecule has 3 aromatic rings. The lowest BCUT2D eigenvalue weighted by Gasteiger charge is -2.24. The molecule has 0 bridgehead atoms. The Kier molecular flexibility index (Phi) is 4.76. The first-order valence-corrected chi connectivity index (χ1v) is 9.16. The van der Waals surface area contributed by atoms with E-state index in [1.807, 2.05) is 43.3 Å². The van der Waals surface area contributed by atoms with Gasteiger partial charge in [0.25, 0.3) is 11.8 Å². The number of rotatable bonds is 4. The van der Waals surface area contributed by atoms with Gasteiger partial charge < -0.3 is 15.5 Å². The maximum absolute atomic E-state index is 12.7. The van der Waals surface area contributed by atoms with Gasteiger partial charge in [0.1, 0.15) is 0 Å². The van der Waals surface area contributed by atoms with Gasteiger partial charge in [-0.1, -0.05) is 18.2 Å². The maximum Gasteiger partial charge on any atom is 0.257 e. The van der Waals surface area contributed by atoms with Crippen LogP contribution in [0.3, 0.4) is 0 Å². The van der Waals surface area contributed by atoms with E-state index in [0.29, 0.717) is 29.9 Å². The molecule has 2 aromatic carbocycles. The normalized spacial score (nSPS) is 12.5. The van der Waals surface area contributed by atoms with Crippen molar-refractivity contribution in [3.8, 4) is 0 Å². The zero-order chi connectivity index (χ0) is 19.5. The SMILES string of the molecule is CCN1c2ccc(C(=O)NCc3cccnc3)cc2NC(=O)c2ccccc21. The zero-order valence-corrected chi connectivity index (χ0v) is 15.5. The van der Waals surface area contributed by atoms with Gasteiger partial charge in [-0.05, 0) is 48.9 Å². The molecule has 140 valence electrons. The fraction of sp³-hybridized carbons (Fsp3) is 0.136. The van der Waals surface area contributed by atoms with Crippen molar-refractivity contribution in [2.45, 2.75) is 13.5 Å². The molecule has 0 saturated heterocycles. The van der Waals surface area contributed by atoms with Crippen LogP contribution in [0.5, 0.6) is 0 Å². The monoisotopic (exact) mass is 372 g/mol. The van der Waals surface area contributed by atoms with Gasteiger partial charge >= 0.3 is 0 Å². The Bertz CT molecular complexity index is 1030. The number of hydrogen-bond donors (Lipinski definition) is 2. The Morgan fingerprint density at radius 2 is 1.96 bits per heavy atom. The molecule has 28 heavy (non-hydrogen) atoms. The number of fused-ring (bicyclic) bond motifs is 2. The van der Waals surface area contributed by atoms with Crippen molar-refractivity contribution in [2.24, 2.45) is 0 Å². The number of aromatic nitrogens is 1. The summed E-state index contributed by atoms with van der Waals surface area (Å²) in [5.41, 5.74) is 4.37. The smallest absolute Gasteiger partial charge is 0.257 e. The van der Waals surface area contributed by atoms with Crippen LogP contribution in [0.15, 0.2) is 67.0 Å². The van der Waals surface area contributed by atoms with Crippen LogP contribution < -0.4 is 15.5 Å². The summed E-state index contributed by atoms with van der Waals surface area (Å²) in [6, 6.07) is 16.6. The first-order valence-electron chi connectivity index (χ1n) is 9.16. The quantitative estimate of drug-likeness (QED) is 0.732. The highest BCUT2D eigenvalue weighted by Gasteiger charge is 2.24. The molecule has 6 nitrogen and oxygen atoms in total. The molecule has 0 atom stereocenters. The Hall–Kier alpha value is -3.67. The zero-order valence-electron chi connectivity index (χ0n) is 15.5. The first kappa shape index (κ1) is 17.7. The number of pyridine rings is 1. The second-order valence-electron chi connectivity index (χ2n) is 6.49. The highest BCUT2D eigenvalue weighted by Crippen LogP contribution is 2.37. The van der Waals surface area contributed by atoms with Gasteiger partial charge in [-0.25, -0.2) is 0 Å². The molecule has 1 aromatic heterocycles. The van der Waals surface area contributed by atoms with Gasteiger partial charge in [-0.3, -0.25) is 14.6 Å². The first-order chi connectivity index (χ1) is 13.7. The minimum atomic E-state index is -0.203. The molecule has 0 unspecified atom stereocenters. The van der Waals surface area contributed by atoms with Crippen molar-refractivity contribution in [2.75, 3.05) is 16.8 Å². The van der Waals surface area contributed by atoms with E-state index in [4.69, 9.17) is 0 Å². The highest BCUT2D eigenvalue weighted by molar-refractivity contribution is 6.13. The Morgan fingerprint density at radius 1 is 1.11 bits per heavy atom. The van der Waals surface area contributed by atoms with Crippen LogP contribution in [0.25, 0.3) is 0 Å². The number of nitrogens with zero attached hydrogens (tertiary/aromatic N) is 2. The molecule has 4 rings (SSSR count). The van der Waals surface area contributed by atoms with Crippen LogP contribution in [0.4, 0.5) is 17.1 Å². The van der Waals surface area contributed by atoms with Gasteiger partial charge in [0, 0.05) is 31.0 Å². The molecule has 1 aliphatic heterocycles. The Labute approximate surface area is 163 Å². The van der Waals surface area contributed by atoms with Crippen LogP contribution in [-0.2, 0) is 6.54 Å². The number of amides is 2. The van der Waals surface area contributed by atoms with E-state index in [1.54, 1.807) is 30.6 Å². The summed E-state index contributed by atoms with van der Waals surface area (Å²) in [6.07, 6.45) is 3.41. The van der Waals surface area contributed by atoms with Crippen molar-refractivity contribution in [3.63, 3.8) is 0 Å². The summed E-state index contributed by atoms with van der Waals surface area (Å²) in [5.74, 6) is -0.383. The largest absolute Gasteiger partial charge is 0.348 e. The number of para-hydroxylation sites is 1. The summed E-state index contributed by atoms with van der Waals surface area (Å²) in [7, 11) is 0. The highest BCUT2D eigenvalue weighted by atomic mass is 16.2. The number of benzene rings is 2. The number of carbonyl (C=O) groups excluding carboxylic acids is 2. The predicted molar refractivity (Wildman–Crippen MR) is 109 cm³/mol. The number of anilines is 3. The molecule has 0 aliphatic carbocycles. The minimum absolute atomic E-state index is 0.180. The predicted octanol–water partition coefficient (Wildman–Crippen LogP) is 3.74. The van der Waals surface area contributed by atoms with Crippen LogP contribution in [0, 0.1) is 0 Å². The summed E-state index contributed by atoms with van der Waals surface area (Å²) < 4.78 is 0. The fourth-order valence-electron chi connectivity index (χ4n) is 3.36. The van der Waals surface area contributed by atoms with Crippen molar-refractivity contribution in [1.82, 2.24) is 10.3 Å². The van der Waals surface area contributed by atoms with E-state index < -0.39 is 0 Å². The fourth-order valence-corrected chi connectivity index (χ4v) is 3.36. The average molecular weight is 372 g/mol. The summed E-state index contributed by atoms with van der Waals surface area (Å²) in [4.78, 5) is 31.4. The van der Waals surface area contributed by atoms with E-state index in [9.17, 15) is 9.59 Å². The van der Waals surface area contributed by atoms with Gasteiger partial charge in [0.2, 0.25) is 0 Å². The molecule has 6 heteroatoms. The third-order valence-electron chi connectivity index (χ3n) is 4.73. The molecule has 2 amide bonds. The standard InChI is InChI=1S/C22H20N4O2/c1-2-26-19-8-4-3-7-17(19)22(28)25-18-12-16(9-10-20(18)26)21(27)24-14-15-6-5-11-23-13-15/h3-13H,2,14H2,1H3,(H,24,27)(H,25,28). The average Bonchev–Trinajstić information content (AvgIpc) is 2.86. The lowest BCUT2D eigenvalue weighted by molar-refractivity contribution is 0.0949. The third-order valence-corrected chi connectivity index (χ3v) is 4.73. The maximum atomic E-state index is 12.7. The minimum Gasteiger partial charge on any atom is -0.348 e. The molecule has 0 saturated carbocycles. The van der Waals surface area contributed by atoms with Crippen molar-refractivity contribution in [1.29, 1.82) is 0 Å². The van der Waals surface area contributed by atoms with E-state index in [2.05, 4.69) is 20.5 Å². The van der Waals surface area contributed by atoms with Gasteiger partial charge in [0.15, 0.2) is 0 Å². The number of nitrogens with one attached hydrogen (secondary N) is 2. The molecule has 1 aliphatic rings. The molecular weight excluding hydrogens is 352 g/mol. The topological polar surface area (TPSA) is 74.3 Å². The van der Waals surface area contributed by atoms with Crippen LogP contribution in [-0.4, -0.2) is 23.3 Å². The van der Waals surface area contributed by atoms with E-state index in [1.165, 1.54) is 0 Å². The molecule has 0 fully saturated rings. The Balaban J connectivity index is 1.62. The summed E-state index contributed by atoms with van der Waals surface area (Å²) >= 11 is 0. The Morgan fingerprint density at radius 3 is 2.75 bits per heavy atom. The molecule has 2 N–H and O–H groups in total. The van der Waals surface area contributed by atoms with Crippen LogP contribution in [0.2, 0.25) is 0 Å². The lowest BCUT2D eigenvalue weighted by Crippen LogP contribution is -2.23. The number of hydrogen-bond acceptors (Lipinski definition) is 4. The van der Waals surface area contributed by atoms with Crippen LogP contribution in [0.1, 0.15) is 33.2 Å². The van der Waals surface area contributed by atoms with Crippen molar-refractivity contribution >= 4 is 28.9 Å². The summed E-state index contributed by atoms with van der Waals surface area (Å²) in [5, 5.41) is 5.83. The molecule has 0 spiro atoms. The number of carbonyl (C=O) groups is 2. The van der Waals surface area contributed by atoms with E-state index in [0.717, 1.165) is 16.9 Å². The lowest BCUT2D eigenvalue weighted by atomic mass is 10.1. The van der Waals surface area contributed by atoms with Gasteiger partial charge in [-0.2, -0.15) is 0 Å². The molecule has 2 heterocycles. The molecular formula is C22H20N4O2. The molecule has 0 radical (unpaired) electrons. The third kappa shape index (κ3) is 3.32. The second-order valence-corrected chi connectivity index (χ2v) is 6.49. The second kappa shape index (κ2) is 7.52. The van der Waals surface area contributed by atoms with Crippen molar-refractivity contribution in [3.05, 3.63) is 83.7 Å². The van der Waals surface area contributed by atoms with E-state index >= 15 is 0 Å². The van der Waals surface area contributed by atoms with Crippen molar-refractivity contribution < 1.29 is 9.59 Å².